The molecule has 0 aliphatic heterocycles. The third kappa shape index (κ3) is 1.01. The second-order valence-corrected chi connectivity index (χ2v) is 4.57. The van der Waals surface area contributed by atoms with Crippen LogP contribution in [0.5, 0.6) is 0 Å². The van der Waals surface area contributed by atoms with Crippen LogP contribution in [-0.4, -0.2) is 5.71 Å². The van der Waals surface area contributed by atoms with Gasteiger partial charge in [-0.2, -0.15) is 0 Å². The first kappa shape index (κ1) is 8.94. The van der Waals surface area contributed by atoms with Crippen molar-refractivity contribution in [2.45, 2.75) is 6.42 Å². The van der Waals surface area contributed by atoms with E-state index in [1.807, 2.05) is 0 Å². The fraction of sp³-hybridized carbons (Fsp3) is 0.0625. The molecule has 0 aromatic heterocycles. The van der Waals surface area contributed by atoms with E-state index in [-0.39, 0.29) is 0 Å². The normalized spacial score (nSPS) is 15.3. The topological polar surface area (TPSA) is 23.9 Å². The van der Waals surface area contributed by atoms with E-state index in [0.717, 1.165) is 17.7 Å². The summed E-state index contributed by atoms with van der Waals surface area (Å²) in [5.74, 6) is 0. The molecule has 4 rings (SSSR count). The Balaban J connectivity index is 2.19. The fourth-order valence-electron chi connectivity index (χ4n) is 2.93. The van der Waals surface area contributed by atoms with Crippen molar-refractivity contribution in [3.8, 4) is 11.1 Å². The Morgan fingerprint density at radius 2 is 1.47 bits per heavy atom. The van der Waals surface area contributed by atoms with Crippen molar-refractivity contribution in [3.05, 3.63) is 65.2 Å². The van der Waals surface area contributed by atoms with Crippen LogP contribution in [0.15, 0.2) is 48.5 Å². The summed E-state index contributed by atoms with van der Waals surface area (Å²) in [6.07, 6.45) is 2.94. The molecule has 17 heavy (non-hydrogen) atoms. The van der Waals surface area contributed by atoms with Gasteiger partial charge in [-0.3, -0.25) is 0 Å². The molecule has 0 spiro atoms. The van der Waals surface area contributed by atoms with Gasteiger partial charge in [0, 0.05) is 17.7 Å². The summed E-state index contributed by atoms with van der Waals surface area (Å²) in [5.41, 5.74) is 8.35. The number of rotatable bonds is 0. The predicted octanol–water partition coefficient (Wildman–Crippen LogP) is 3.87. The molecule has 80 valence electrons. The summed E-state index contributed by atoms with van der Waals surface area (Å²) < 4.78 is 0. The highest BCUT2D eigenvalue weighted by atomic mass is 14.4. The standard InChI is InChI=1S/C16H11N/c17-15-9-8-13-11-5-2-1-4-10(11)12-6-3-7-14(15)16(12)13/h1-8,17H,9H2. The highest BCUT2D eigenvalue weighted by molar-refractivity contribution is 6.14. The van der Waals surface area contributed by atoms with Crippen molar-refractivity contribution in [2.24, 2.45) is 0 Å². The molecule has 0 unspecified atom stereocenters. The van der Waals surface area contributed by atoms with E-state index in [4.69, 9.17) is 5.41 Å². The molecule has 2 aliphatic rings. The second-order valence-electron chi connectivity index (χ2n) is 4.57. The number of allylic oxidation sites excluding steroid dienone is 1. The Morgan fingerprint density at radius 3 is 2.35 bits per heavy atom. The molecule has 0 bridgehead atoms. The molecule has 0 amide bonds. The summed E-state index contributed by atoms with van der Waals surface area (Å²) in [4.78, 5) is 0. The first-order valence-corrected chi connectivity index (χ1v) is 5.87. The van der Waals surface area contributed by atoms with E-state index in [0.29, 0.717) is 0 Å². The lowest BCUT2D eigenvalue weighted by Crippen LogP contribution is -2.06. The lowest BCUT2D eigenvalue weighted by Gasteiger charge is -2.15. The molecule has 0 fully saturated rings. The van der Waals surface area contributed by atoms with Crippen LogP contribution >= 0.6 is 0 Å². The lowest BCUT2D eigenvalue weighted by atomic mass is 9.89. The number of nitrogens with one attached hydrogen (secondary N) is 1. The third-order valence-corrected chi connectivity index (χ3v) is 3.68. The van der Waals surface area contributed by atoms with Crippen molar-refractivity contribution in [1.82, 2.24) is 0 Å². The molecule has 0 saturated carbocycles. The first-order chi connectivity index (χ1) is 8.36. The minimum absolute atomic E-state index is 0.735. The van der Waals surface area contributed by atoms with E-state index < -0.39 is 0 Å². The zero-order chi connectivity index (χ0) is 11.4. The predicted molar refractivity (Wildman–Crippen MR) is 70.4 cm³/mol. The SMILES string of the molecule is N=C1CC=C2c3ccccc3-c3cccc1c32. The van der Waals surface area contributed by atoms with Gasteiger partial charge in [0.15, 0.2) is 0 Å². The Hall–Kier alpha value is -2.15. The first-order valence-electron chi connectivity index (χ1n) is 5.87. The molecule has 2 aromatic carbocycles. The van der Waals surface area contributed by atoms with Crippen LogP contribution in [0.2, 0.25) is 0 Å². The Morgan fingerprint density at radius 1 is 0.765 bits per heavy atom. The monoisotopic (exact) mass is 217 g/mol. The van der Waals surface area contributed by atoms with Crippen molar-refractivity contribution in [1.29, 1.82) is 5.41 Å². The van der Waals surface area contributed by atoms with Gasteiger partial charge in [0.1, 0.15) is 0 Å². The minimum Gasteiger partial charge on any atom is -0.304 e. The molecule has 1 heteroatoms. The zero-order valence-corrected chi connectivity index (χ0v) is 9.33. The van der Waals surface area contributed by atoms with Crippen LogP contribution in [0.25, 0.3) is 16.7 Å². The molecule has 0 saturated heterocycles. The smallest absolute Gasteiger partial charge is 0.0430 e. The van der Waals surface area contributed by atoms with Gasteiger partial charge in [-0.25, -0.2) is 0 Å². The average Bonchev–Trinajstić information content (AvgIpc) is 2.70. The summed E-state index contributed by atoms with van der Waals surface area (Å²) in [6.45, 7) is 0. The minimum atomic E-state index is 0.735. The van der Waals surface area contributed by atoms with Crippen molar-refractivity contribution in [3.63, 3.8) is 0 Å². The lowest BCUT2D eigenvalue weighted by molar-refractivity contribution is 1.32. The molecule has 0 atom stereocenters. The number of hydrogen-bond donors (Lipinski definition) is 1. The summed E-state index contributed by atoms with van der Waals surface area (Å²) in [5, 5.41) is 8.05. The zero-order valence-electron chi connectivity index (χ0n) is 9.33. The van der Waals surface area contributed by atoms with Gasteiger partial charge < -0.3 is 5.41 Å². The molecular formula is C16H11N. The third-order valence-electron chi connectivity index (χ3n) is 3.68. The van der Waals surface area contributed by atoms with Crippen LogP contribution in [-0.2, 0) is 0 Å². The van der Waals surface area contributed by atoms with Crippen LogP contribution in [0.4, 0.5) is 0 Å². The van der Waals surface area contributed by atoms with Gasteiger partial charge in [-0.05, 0) is 27.8 Å². The molecule has 0 radical (unpaired) electrons. The maximum absolute atomic E-state index is 8.05. The quantitative estimate of drug-likeness (QED) is 0.591. The highest BCUT2D eigenvalue weighted by Crippen LogP contribution is 2.47. The van der Waals surface area contributed by atoms with Crippen molar-refractivity contribution < 1.29 is 0 Å². The largest absolute Gasteiger partial charge is 0.304 e. The van der Waals surface area contributed by atoms with Crippen molar-refractivity contribution >= 4 is 11.3 Å². The summed E-state index contributed by atoms with van der Waals surface area (Å²) in [7, 11) is 0. The number of benzene rings is 2. The highest BCUT2D eigenvalue weighted by Gasteiger charge is 2.28. The fourth-order valence-corrected chi connectivity index (χ4v) is 2.93. The summed E-state index contributed by atoms with van der Waals surface area (Å²) in [6, 6.07) is 14.8. The van der Waals surface area contributed by atoms with E-state index in [2.05, 4.69) is 48.5 Å². The van der Waals surface area contributed by atoms with Gasteiger partial charge in [-0.1, -0.05) is 48.5 Å². The van der Waals surface area contributed by atoms with E-state index in [1.54, 1.807) is 0 Å². The van der Waals surface area contributed by atoms with Crippen LogP contribution in [0.3, 0.4) is 0 Å². The van der Waals surface area contributed by atoms with Gasteiger partial charge >= 0.3 is 0 Å². The Labute approximate surface area is 99.9 Å². The molecular weight excluding hydrogens is 206 g/mol. The van der Waals surface area contributed by atoms with E-state index >= 15 is 0 Å². The number of hydrogen-bond acceptors (Lipinski definition) is 1. The van der Waals surface area contributed by atoms with E-state index in [9.17, 15) is 0 Å². The van der Waals surface area contributed by atoms with Crippen LogP contribution < -0.4 is 0 Å². The molecule has 0 heterocycles. The van der Waals surface area contributed by atoms with Crippen LogP contribution in [0.1, 0.15) is 23.1 Å². The summed E-state index contributed by atoms with van der Waals surface area (Å²) >= 11 is 0. The van der Waals surface area contributed by atoms with Crippen LogP contribution in [0, 0.1) is 5.41 Å². The molecule has 2 aliphatic carbocycles. The Kier molecular flexibility index (Phi) is 1.55. The molecule has 1 N–H and O–H groups in total. The van der Waals surface area contributed by atoms with Gasteiger partial charge in [0.25, 0.3) is 0 Å². The number of fused-ring (bicyclic) bond motifs is 3. The van der Waals surface area contributed by atoms with Gasteiger partial charge in [-0.15, -0.1) is 0 Å². The molecule has 2 aromatic rings. The van der Waals surface area contributed by atoms with E-state index in [1.165, 1.54) is 27.8 Å². The second kappa shape index (κ2) is 2.95. The van der Waals surface area contributed by atoms with Gasteiger partial charge in [0.2, 0.25) is 0 Å². The van der Waals surface area contributed by atoms with Gasteiger partial charge in [0.05, 0.1) is 0 Å². The Bertz CT molecular complexity index is 692. The maximum Gasteiger partial charge on any atom is 0.0430 e. The van der Waals surface area contributed by atoms with Crippen molar-refractivity contribution in [2.75, 3.05) is 0 Å². The average molecular weight is 217 g/mol. The molecule has 1 nitrogen and oxygen atoms in total. The maximum atomic E-state index is 8.05.